The van der Waals surface area contributed by atoms with Crippen LogP contribution in [-0.4, -0.2) is 12.1 Å². The molecule has 26 heavy (non-hydrogen) atoms. The van der Waals surface area contributed by atoms with Gasteiger partial charge in [0.1, 0.15) is 0 Å². The molecular formula is C22H25N2PS. The van der Waals surface area contributed by atoms with E-state index in [4.69, 9.17) is 0 Å². The van der Waals surface area contributed by atoms with Crippen LogP contribution in [0.2, 0.25) is 0 Å². The Morgan fingerprint density at radius 1 is 0.692 bits per heavy atom. The van der Waals surface area contributed by atoms with E-state index in [-0.39, 0.29) is 0 Å². The summed E-state index contributed by atoms with van der Waals surface area (Å²) in [6.45, 7) is 5.39. The molecule has 0 bridgehead atoms. The van der Waals surface area contributed by atoms with Crippen LogP contribution in [0.3, 0.4) is 0 Å². The van der Waals surface area contributed by atoms with E-state index >= 15 is 0 Å². The number of hydrogen-bond donors (Lipinski definition) is 2. The third kappa shape index (κ3) is 5.43. The summed E-state index contributed by atoms with van der Waals surface area (Å²) >= 11 is 1.58. The minimum absolute atomic E-state index is 0.296. The Balaban J connectivity index is 0.000000236. The van der Waals surface area contributed by atoms with Crippen molar-refractivity contribution in [1.82, 2.24) is 9.44 Å². The van der Waals surface area contributed by atoms with E-state index in [1.54, 1.807) is 12.1 Å². The van der Waals surface area contributed by atoms with Crippen LogP contribution in [0.4, 0.5) is 0 Å². The second-order valence-electron chi connectivity index (χ2n) is 6.75. The number of hydrogen-bond acceptors (Lipinski definition) is 3. The van der Waals surface area contributed by atoms with Gasteiger partial charge in [0.25, 0.3) is 0 Å². The van der Waals surface area contributed by atoms with Crippen molar-refractivity contribution in [2.75, 3.05) is 6.54 Å². The maximum Gasteiger partial charge on any atom is 0.0372 e. The largest absolute Gasteiger partial charge is 0.249 e. The zero-order valence-electron chi connectivity index (χ0n) is 15.2. The highest BCUT2D eigenvalue weighted by Gasteiger charge is 2.21. The highest BCUT2D eigenvalue weighted by Crippen LogP contribution is 2.32. The van der Waals surface area contributed by atoms with E-state index in [0.29, 0.717) is 5.54 Å². The van der Waals surface area contributed by atoms with Crippen LogP contribution in [0.5, 0.6) is 0 Å². The van der Waals surface area contributed by atoms with Gasteiger partial charge in [-0.25, -0.2) is 9.44 Å². The van der Waals surface area contributed by atoms with Crippen LogP contribution in [0, 0.1) is 0 Å². The first-order valence-electron chi connectivity index (χ1n) is 8.77. The molecule has 0 aliphatic carbocycles. The monoisotopic (exact) mass is 380 g/mol. The molecule has 4 heteroatoms. The summed E-state index contributed by atoms with van der Waals surface area (Å²) < 4.78 is 6.32. The quantitative estimate of drug-likeness (QED) is 0.531. The molecule has 1 aliphatic heterocycles. The lowest BCUT2D eigenvalue weighted by atomic mass is 10.1. The summed E-state index contributed by atoms with van der Waals surface area (Å²) in [6, 6.07) is 32.3. The van der Waals surface area contributed by atoms with E-state index in [1.165, 1.54) is 15.9 Å². The number of rotatable bonds is 3. The molecule has 0 atom stereocenters. The lowest BCUT2D eigenvalue weighted by Gasteiger charge is -2.18. The van der Waals surface area contributed by atoms with Crippen molar-refractivity contribution in [3.05, 3.63) is 91.0 Å². The third-order valence-corrected chi connectivity index (χ3v) is 7.34. The standard InChI is InChI=1S/C18H15P.C4H10N2S/c1-4-10-16(11-5-1)19(17-12-6-2-7-13-17)18-14-8-3-9-15-18;1-4(2)3-5-7-6-4/h1-15H;5-6H,3H2,1-2H3. The zero-order chi connectivity index (χ0) is 18.2. The normalized spacial score (nSPS) is 15.3. The molecule has 4 rings (SSSR count). The van der Waals surface area contributed by atoms with Crippen LogP contribution in [-0.2, 0) is 0 Å². The molecule has 0 amide bonds. The van der Waals surface area contributed by atoms with Gasteiger partial charge >= 0.3 is 0 Å². The molecular weight excluding hydrogens is 355 g/mol. The van der Waals surface area contributed by atoms with Crippen LogP contribution >= 0.6 is 20.1 Å². The van der Waals surface area contributed by atoms with Gasteiger partial charge < -0.3 is 0 Å². The van der Waals surface area contributed by atoms with Gasteiger partial charge in [0.05, 0.1) is 0 Å². The molecule has 134 valence electrons. The molecule has 0 unspecified atom stereocenters. The molecule has 3 aromatic carbocycles. The minimum Gasteiger partial charge on any atom is -0.249 e. The fraction of sp³-hybridized carbons (Fsp3) is 0.182. The first kappa shape index (κ1) is 19.1. The Kier molecular flexibility index (Phi) is 6.87. The maximum atomic E-state index is 3.20. The van der Waals surface area contributed by atoms with Gasteiger partial charge in [-0.2, -0.15) is 0 Å². The summed E-state index contributed by atoms with van der Waals surface area (Å²) in [5.74, 6) is 0. The van der Waals surface area contributed by atoms with Crippen molar-refractivity contribution < 1.29 is 0 Å². The Morgan fingerprint density at radius 2 is 1.08 bits per heavy atom. The van der Waals surface area contributed by atoms with Gasteiger partial charge in [-0.3, -0.25) is 0 Å². The third-order valence-electron chi connectivity index (χ3n) is 3.96. The van der Waals surface area contributed by atoms with Crippen molar-refractivity contribution in [2.24, 2.45) is 0 Å². The number of nitrogens with one attached hydrogen (secondary N) is 2. The van der Waals surface area contributed by atoms with Crippen LogP contribution in [0.25, 0.3) is 0 Å². The average Bonchev–Trinajstić information content (AvgIpc) is 3.09. The summed E-state index contributed by atoms with van der Waals surface area (Å²) in [7, 11) is -0.446. The first-order chi connectivity index (χ1) is 12.7. The summed E-state index contributed by atoms with van der Waals surface area (Å²) in [5.41, 5.74) is 0.296. The van der Waals surface area contributed by atoms with Gasteiger partial charge in [-0.15, -0.1) is 0 Å². The molecule has 1 aliphatic rings. The molecule has 0 radical (unpaired) electrons. The molecule has 0 saturated carbocycles. The first-order valence-corrected chi connectivity index (χ1v) is 10.9. The minimum atomic E-state index is -0.446. The van der Waals surface area contributed by atoms with Crippen molar-refractivity contribution in [3.63, 3.8) is 0 Å². The second kappa shape index (κ2) is 9.34. The Hall–Kier alpha value is -1.64. The topological polar surface area (TPSA) is 24.1 Å². The van der Waals surface area contributed by atoms with Crippen LogP contribution in [0.15, 0.2) is 91.0 Å². The van der Waals surface area contributed by atoms with Gasteiger partial charge in [0, 0.05) is 24.2 Å². The highest BCUT2D eigenvalue weighted by molar-refractivity contribution is 7.95. The van der Waals surface area contributed by atoms with E-state index in [0.717, 1.165) is 6.54 Å². The smallest absolute Gasteiger partial charge is 0.0372 e. The molecule has 1 fully saturated rings. The predicted molar refractivity (Wildman–Crippen MR) is 118 cm³/mol. The summed E-state index contributed by atoms with van der Waals surface area (Å²) in [4.78, 5) is 0. The predicted octanol–water partition coefficient (Wildman–Crippen LogP) is 3.97. The van der Waals surface area contributed by atoms with Gasteiger partial charge in [-0.1, -0.05) is 91.0 Å². The van der Waals surface area contributed by atoms with E-state index in [1.807, 2.05) is 0 Å². The SMILES string of the molecule is CC1(C)CNSN1.c1ccc(P(c2ccccc2)c2ccccc2)cc1. The van der Waals surface area contributed by atoms with Crippen molar-refractivity contribution in [1.29, 1.82) is 0 Å². The van der Waals surface area contributed by atoms with Gasteiger partial charge in [-0.05, 0) is 37.7 Å². The van der Waals surface area contributed by atoms with Crippen molar-refractivity contribution >= 4 is 36.0 Å². The van der Waals surface area contributed by atoms with Crippen LogP contribution < -0.4 is 25.4 Å². The maximum absolute atomic E-state index is 3.20. The molecule has 2 nitrogen and oxygen atoms in total. The van der Waals surface area contributed by atoms with Gasteiger partial charge in [0.15, 0.2) is 0 Å². The van der Waals surface area contributed by atoms with Gasteiger partial charge in [0.2, 0.25) is 0 Å². The van der Waals surface area contributed by atoms with E-state index in [2.05, 4.69) is 114 Å². The average molecular weight is 380 g/mol. The Labute approximate surface area is 162 Å². The Bertz CT molecular complexity index is 677. The van der Waals surface area contributed by atoms with Crippen molar-refractivity contribution in [3.8, 4) is 0 Å². The zero-order valence-corrected chi connectivity index (χ0v) is 16.9. The second-order valence-corrected chi connectivity index (χ2v) is 9.67. The highest BCUT2D eigenvalue weighted by atomic mass is 32.2. The molecule has 0 spiro atoms. The fourth-order valence-corrected chi connectivity index (χ4v) is 5.76. The van der Waals surface area contributed by atoms with Crippen molar-refractivity contribution in [2.45, 2.75) is 19.4 Å². The lowest BCUT2D eigenvalue weighted by molar-refractivity contribution is 0.510. The molecule has 1 saturated heterocycles. The summed E-state index contributed by atoms with van der Waals surface area (Å²) in [5, 5.41) is 4.19. The van der Waals surface area contributed by atoms with E-state index < -0.39 is 7.92 Å². The summed E-state index contributed by atoms with van der Waals surface area (Å²) in [6.07, 6.45) is 0. The van der Waals surface area contributed by atoms with E-state index in [9.17, 15) is 0 Å². The Morgan fingerprint density at radius 3 is 1.31 bits per heavy atom. The molecule has 3 aromatic rings. The molecule has 1 heterocycles. The van der Waals surface area contributed by atoms with Crippen LogP contribution in [0.1, 0.15) is 13.8 Å². The lowest BCUT2D eigenvalue weighted by Crippen LogP contribution is -2.33. The molecule has 0 aromatic heterocycles. The molecule has 2 N–H and O–H groups in total. The fourth-order valence-electron chi connectivity index (χ4n) is 2.61. The number of benzene rings is 3.